The second-order valence-electron chi connectivity index (χ2n) is 6.72. The minimum absolute atomic E-state index is 0.131. The summed E-state index contributed by atoms with van der Waals surface area (Å²) in [6, 6.07) is 7.71. The monoisotopic (exact) mass is 323 g/mol. The maximum atomic E-state index is 12.7. The van der Waals surface area contributed by atoms with E-state index in [9.17, 15) is 4.79 Å². The molecule has 1 amide bonds. The number of nitrogens with zero attached hydrogens (tertiary/aromatic N) is 2. The van der Waals surface area contributed by atoms with Gasteiger partial charge in [-0.15, -0.1) is 0 Å². The van der Waals surface area contributed by atoms with Gasteiger partial charge in [0.2, 0.25) is 0 Å². The van der Waals surface area contributed by atoms with Crippen molar-refractivity contribution in [3.05, 3.63) is 47.0 Å². The standard InChI is InChI=1S/C18H21N5O/c1-10(2)15(17-19-13-7-3-4-8-14(13)20-17)21-18(24)16-11-6-5-9-12(11)22-23-16/h3-4,7-8,10,15H,5-6,9H2,1-2H3,(H,19,20)(H,21,24)(H,22,23)/t15-/m0/s1. The summed E-state index contributed by atoms with van der Waals surface area (Å²) in [6.45, 7) is 4.15. The second kappa shape index (κ2) is 5.78. The van der Waals surface area contributed by atoms with E-state index in [0.29, 0.717) is 5.69 Å². The van der Waals surface area contributed by atoms with Crippen molar-refractivity contribution in [3.8, 4) is 0 Å². The van der Waals surface area contributed by atoms with E-state index in [1.54, 1.807) is 0 Å². The van der Waals surface area contributed by atoms with Crippen LogP contribution < -0.4 is 5.32 Å². The molecule has 1 aliphatic carbocycles. The number of hydrogen-bond acceptors (Lipinski definition) is 3. The Morgan fingerprint density at radius 1 is 1.25 bits per heavy atom. The summed E-state index contributed by atoms with van der Waals surface area (Å²) in [4.78, 5) is 20.7. The van der Waals surface area contributed by atoms with Crippen molar-refractivity contribution < 1.29 is 4.79 Å². The fourth-order valence-electron chi connectivity index (χ4n) is 3.39. The molecule has 0 spiro atoms. The Morgan fingerprint density at radius 3 is 2.88 bits per heavy atom. The number of H-pyrrole nitrogens is 2. The number of imidazole rings is 1. The molecule has 3 N–H and O–H groups in total. The van der Waals surface area contributed by atoms with Gasteiger partial charge < -0.3 is 10.3 Å². The van der Waals surface area contributed by atoms with Gasteiger partial charge in [-0.05, 0) is 37.3 Å². The number of rotatable bonds is 4. The molecule has 3 aromatic rings. The molecule has 24 heavy (non-hydrogen) atoms. The van der Waals surface area contributed by atoms with Gasteiger partial charge in [0.15, 0.2) is 5.69 Å². The molecule has 0 unspecified atom stereocenters. The molecule has 124 valence electrons. The van der Waals surface area contributed by atoms with Gasteiger partial charge in [0.1, 0.15) is 5.82 Å². The highest BCUT2D eigenvalue weighted by Gasteiger charge is 2.27. The van der Waals surface area contributed by atoms with Gasteiger partial charge in [-0.2, -0.15) is 5.10 Å². The number of para-hydroxylation sites is 2. The third-order valence-corrected chi connectivity index (χ3v) is 4.68. The number of benzene rings is 1. The molecule has 0 saturated heterocycles. The maximum Gasteiger partial charge on any atom is 0.272 e. The number of aromatic amines is 2. The maximum absolute atomic E-state index is 12.7. The van der Waals surface area contributed by atoms with E-state index in [1.807, 2.05) is 24.3 Å². The highest BCUT2D eigenvalue weighted by Crippen LogP contribution is 2.25. The summed E-state index contributed by atoms with van der Waals surface area (Å²) in [7, 11) is 0. The van der Waals surface area contributed by atoms with Crippen molar-refractivity contribution in [1.29, 1.82) is 0 Å². The van der Waals surface area contributed by atoms with Crippen LogP contribution >= 0.6 is 0 Å². The number of fused-ring (bicyclic) bond motifs is 2. The van der Waals surface area contributed by atoms with Gasteiger partial charge in [-0.25, -0.2) is 4.98 Å². The van der Waals surface area contributed by atoms with E-state index in [2.05, 4.69) is 39.3 Å². The van der Waals surface area contributed by atoms with Gasteiger partial charge >= 0.3 is 0 Å². The van der Waals surface area contributed by atoms with E-state index in [-0.39, 0.29) is 17.9 Å². The zero-order valence-electron chi connectivity index (χ0n) is 13.9. The first kappa shape index (κ1) is 14.9. The molecule has 1 aliphatic rings. The van der Waals surface area contributed by atoms with Crippen LogP contribution in [0, 0.1) is 5.92 Å². The molecule has 0 fully saturated rings. The van der Waals surface area contributed by atoms with Gasteiger partial charge in [0.05, 0.1) is 17.1 Å². The van der Waals surface area contributed by atoms with Crippen LogP contribution in [0.1, 0.15) is 53.9 Å². The first-order chi connectivity index (χ1) is 11.6. The summed E-state index contributed by atoms with van der Waals surface area (Å²) >= 11 is 0. The van der Waals surface area contributed by atoms with Gasteiger partial charge in [0, 0.05) is 11.3 Å². The van der Waals surface area contributed by atoms with E-state index in [4.69, 9.17) is 0 Å². The molecule has 0 saturated carbocycles. The number of nitrogens with one attached hydrogen (secondary N) is 3. The minimum atomic E-state index is -0.182. The Hall–Kier alpha value is -2.63. The Bertz CT molecular complexity index is 859. The molecule has 0 bridgehead atoms. The van der Waals surface area contributed by atoms with Crippen molar-refractivity contribution in [2.75, 3.05) is 0 Å². The highest BCUT2D eigenvalue weighted by molar-refractivity contribution is 5.94. The van der Waals surface area contributed by atoms with Gasteiger partial charge in [-0.1, -0.05) is 26.0 Å². The smallest absolute Gasteiger partial charge is 0.272 e. The predicted octanol–water partition coefficient (Wildman–Crippen LogP) is 2.90. The van der Waals surface area contributed by atoms with Crippen molar-refractivity contribution in [2.45, 2.75) is 39.2 Å². The third kappa shape index (κ3) is 2.48. The van der Waals surface area contributed by atoms with Crippen LogP contribution in [0.5, 0.6) is 0 Å². The summed E-state index contributed by atoms with van der Waals surface area (Å²) in [5.74, 6) is 0.863. The fourth-order valence-corrected chi connectivity index (χ4v) is 3.39. The van der Waals surface area contributed by atoms with Gasteiger partial charge in [0.25, 0.3) is 5.91 Å². The third-order valence-electron chi connectivity index (χ3n) is 4.68. The number of carbonyl (C=O) groups excluding carboxylic acids is 1. The molecular formula is C18H21N5O. The SMILES string of the molecule is CC(C)[C@H](NC(=O)c1n[nH]c2c1CCC2)c1nc2ccccc2[nH]1. The average molecular weight is 323 g/mol. The molecule has 2 aromatic heterocycles. The molecular weight excluding hydrogens is 302 g/mol. The van der Waals surface area contributed by atoms with Crippen molar-refractivity contribution in [1.82, 2.24) is 25.5 Å². The van der Waals surface area contributed by atoms with Crippen molar-refractivity contribution in [2.24, 2.45) is 5.92 Å². The van der Waals surface area contributed by atoms with E-state index in [0.717, 1.165) is 47.4 Å². The van der Waals surface area contributed by atoms with Crippen LogP contribution in [0.15, 0.2) is 24.3 Å². The van der Waals surface area contributed by atoms with Crippen LogP contribution in [0.4, 0.5) is 0 Å². The summed E-state index contributed by atoms with van der Waals surface area (Å²) in [5, 5.41) is 10.3. The lowest BCUT2D eigenvalue weighted by molar-refractivity contribution is 0.0917. The van der Waals surface area contributed by atoms with E-state index >= 15 is 0 Å². The van der Waals surface area contributed by atoms with E-state index in [1.165, 1.54) is 0 Å². The zero-order chi connectivity index (χ0) is 16.7. The Balaban J connectivity index is 1.62. The lowest BCUT2D eigenvalue weighted by Crippen LogP contribution is -2.33. The van der Waals surface area contributed by atoms with Crippen LogP contribution in [0.25, 0.3) is 11.0 Å². The predicted molar refractivity (Wildman–Crippen MR) is 91.8 cm³/mol. The normalized spacial score (nSPS) is 15.0. The molecule has 1 atom stereocenters. The van der Waals surface area contributed by atoms with Crippen LogP contribution in [-0.4, -0.2) is 26.1 Å². The topological polar surface area (TPSA) is 86.5 Å². The van der Waals surface area contributed by atoms with Crippen LogP contribution in [0.2, 0.25) is 0 Å². The molecule has 0 radical (unpaired) electrons. The summed E-state index contributed by atoms with van der Waals surface area (Å²) in [5.41, 5.74) is 4.59. The first-order valence-corrected chi connectivity index (χ1v) is 8.45. The second-order valence-corrected chi connectivity index (χ2v) is 6.72. The largest absolute Gasteiger partial charge is 0.340 e. The fraction of sp³-hybridized carbons (Fsp3) is 0.389. The molecule has 0 aliphatic heterocycles. The highest BCUT2D eigenvalue weighted by atomic mass is 16.2. The molecule has 4 rings (SSSR count). The molecule has 2 heterocycles. The van der Waals surface area contributed by atoms with Gasteiger partial charge in [-0.3, -0.25) is 9.89 Å². The van der Waals surface area contributed by atoms with Crippen molar-refractivity contribution >= 4 is 16.9 Å². The molecule has 6 nitrogen and oxygen atoms in total. The number of aryl methyl sites for hydroxylation is 1. The lowest BCUT2D eigenvalue weighted by atomic mass is 10.0. The quantitative estimate of drug-likeness (QED) is 0.690. The average Bonchev–Trinajstić information content (AvgIpc) is 3.25. The Morgan fingerprint density at radius 2 is 2.08 bits per heavy atom. The van der Waals surface area contributed by atoms with Crippen LogP contribution in [0.3, 0.4) is 0 Å². The minimum Gasteiger partial charge on any atom is -0.340 e. The number of aromatic nitrogens is 4. The summed E-state index contributed by atoms with van der Waals surface area (Å²) in [6.07, 6.45) is 2.99. The first-order valence-electron chi connectivity index (χ1n) is 8.45. The number of carbonyl (C=O) groups is 1. The Labute approximate surface area is 140 Å². The van der Waals surface area contributed by atoms with E-state index < -0.39 is 0 Å². The summed E-state index contributed by atoms with van der Waals surface area (Å²) < 4.78 is 0. The number of hydrogen-bond donors (Lipinski definition) is 3. The van der Waals surface area contributed by atoms with Crippen LogP contribution in [-0.2, 0) is 12.8 Å². The zero-order valence-corrected chi connectivity index (χ0v) is 13.9. The lowest BCUT2D eigenvalue weighted by Gasteiger charge is -2.20. The Kier molecular flexibility index (Phi) is 3.59. The molecule has 6 heteroatoms. The molecule has 1 aromatic carbocycles. The number of amides is 1. The van der Waals surface area contributed by atoms with Crippen molar-refractivity contribution in [3.63, 3.8) is 0 Å².